The summed E-state index contributed by atoms with van der Waals surface area (Å²) in [5.74, 6) is 1.34. The Labute approximate surface area is 92.6 Å². The molecular formula is C13H22N2. The van der Waals surface area contributed by atoms with Crippen molar-refractivity contribution in [1.29, 1.82) is 0 Å². The molecule has 0 radical (unpaired) electrons. The molecule has 0 bridgehead atoms. The predicted molar refractivity (Wildman–Crippen MR) is 64.5 cm³/mol. The minimum Gasteiger partial charge on any atom is -0.327 e. The van der Waals surface area contributed by atoms with Crippen molar-refractivity contribution in [1.82, 2.24) is 5.32 Å². The maximum atomic E-state index is 5.80. The fourth-order valence-electron chi connectivity index (χ4n) is 2.99. The average molecular weight is 206 g/mol. The lowest BCUT2D eigenvalue weighted by atomic mass is 9.64. The average Bonchev–Trinajstić information content (AvgIpc) is 2.76. The standard InChI is InChI=1S/C13H22N2/c1-10-11(8-14)4-3-6-13(10,2)12-5-7-15-9-12/h3-4,6,10,12,15H,5,7-9,14H2,1-2H3. The lowest BCUT2D eigenvalue weighted by molar-refractivity contribution is 0.199. The van der Waals surface area contributed by atoms with Crippen LogP contribution in [0.15, 0.2) is 23.8 Å². The van der Waals surface area contributed by atoms with Crippen LogP contribution in [0.25, 0.3) is 0 Å². The molecule has 0 spiro atoms. The Hall–Kier alpha value is -0.600. The van der Waals surface area contributed by atoms with E-state index in [9.17, 15) is 0 Å². The van der Waals surface area contributed by atoms with Crippen molar-refractivity contribution >= 4 is 0 Å². The van der Waals surface area contributed by atoms with Crippen LogP contribution in [0.5, 0.6) is 0 Å². The highest BCUT2D eigenvalue weighted by atomic mass is 14.9. The first-order valence-electron chi connectivity index (χ1n) is 5.97. The minimum atomic E-state index is 0.299. The van der Waals surface area contributed by atoms with Crippen LogP contribution in [-0.2, 0) is 0 Å². The number of hydrogen-bond donors (Lipinski definition) is 2. The fourth-order valence-corrected chi connectivity index (χ4v) is 2.99. The molecule has 0 saturated carbocycles. The Balaban J connectivity index is 2.21. The molecule has 3 atom stereocenters. The van der Waals surface area contributed by atoms with E-state index in [1.165, 1.54) is 18.5 Å². The van der Waals surface area contributed by atoms with Crippen molar-refractivity contribution in [2.24, 2.45) is 23.0 Å². The zero-order chi connectivity index (χ0) is 10.9. The molecule has 1 heterocycles. The van der Waals surface area contributed by atoms with Gasteiger partial charge in [0, 0.05) is 6.54 Å². The molecule has 3 N–H and O–H groups in total. The third kappa shape index (κ3) is 1.77. The summed E-state index contributed by atoms with van der Waals surface area (Å²) in [6.07, 6.45) is 8.06. The molecule has 0 aromatic carbocycles. The quantitative estimate of drug-likeness (QED) is 0.721. The van der Waals surface area contributed by atoms with E-state index in [2.05, 4.69) is 37.4 Å². The van der Waals surface area contributed by atoms with Gasteiger partial charge in [-0.15, -0.1) is 0 Å². The molecule has 2 heteroatoms. The molecule has 2 nitrogen and oxygen atoms in total. The molecule has 2 rings (SSSR count). The molecule has 15 heavy (non-hydrogen) atoms. The first kappa shape index (κ1) is 10.9. The van der Waals surface area contributed by atoms with Crippen LogP contribution in [-0.4, -0.2) is 19.6 Å². The van der Waals surface area contributed by atoms with Gasteiger partial charge in [0.25, 0.3) is 0 Å². The van der Waals surface area contributed by atoms with Gasteiger partial charge in [-0.2, -0.15) is 0 Å². The van der Waals surface area contributed by atoms with E-state index in [-0.39, 0.29) is 0 Å². The molecule has 1 saturated heterocycles. The van der Waals surface area contributed by atoms with Crippen LogP contribution in [0.2, 0.25) is 0 Å². The lowest BCUT2D eigenvalue weighted by Gasteiger charge is -2.41. The monoisotopic (exact) mass is 206 g/mol. The molecule has 1 aliphatic carbocycles. The van der Waals surface area contributed by atoms with Gasteiger partial charge in [-0.05, 0) is 36.8 Å². The van der Waals surface area contributed by atoms with Gasteiger partial charge in [0.15, 0.2) is 0 Å². The third-order valence-electron chi connectivity index (χ3n) is 4.43. The van der Waals surface area contributed by atoms with Gasteiger partial charge in [-0.25, -0.2) is 0 Å². The van der Waals surface area contributed by atoms with Crippen molar-refractivity contribution in [2.45, 2.75) is 20.3 Å². The van der Waals surface area contributed by atoms with Gasteiger partial charge in [0.05, 0.1) is 0 Å². The Kier molecular flexibility index (Phi) is 2.98. The number of rotatable bonds is 2. The van der Waals surface area contributed by atoms with Crippen LogP contribution < -0.4 is 11.1 Å². The van der Waals surface area contributed by atoms with Crippen LogP contribution in [0, 0.1) is 17.3 Å². The van der Waals surface area contributed by atoms with Crippen molar-refractivity contribution < 1.29 is 0 Å². The largest absolute Gasteiger partial charge is 0.327 e. The van der Waals surface area contributed by atoms with Crippen LogP contribution >= 0.6 is 0 Å². The first-order valence-corrected chi connectivity index (χ1v) is 5.97. The van der Waals surface area contributed by atoms with Crippen LogP contribution in [0.1, 0.15) is 20.3 Å². The van der Waals surface area contributed by atoms with Gasteiger partial charge >= 0.3 is 0 Å². The molecule has 3 unspecified atom stereocenters. The number of nitrogens with one attached hydrogen (secondary N) is 1. The highest BCUT2D eigenvalue weighted by molar-refractivity contribution is 5.28. The molecule has 1 fully saturated rings. The van der Waals surface area contributed by atoms with Crippen LogP contribution in [0.4, 0.5) is 0 Å². The molecule has 2 aliphatic rings. The SMILES string of the molecule is CC1C(CN)=CC=CC1(C)C1CCNC1. The predicted octanol–water partition coefficient (Wildman–Crippen LogP) is 1.69. The minimum absolute atomic E-state index is 0.299. The van der Waals surface area contributed by atoms with Gasteiger partial charge in [0.2, 0.25) is 0 Å². The molecule has 1 aliphatic heterocycles. The first-order chi connectivity index (χ1) is 7.18. The summed E-state index contributed by atoms with van der Waals surface area (Å²) in [6.45, 7) is 7.72. The topological polar surface area (TPSA) is 38.0 Å². The second-order valence-corrected chi connectivity index (χ2v) is 5.08. The van der Waals surface area contributed by atoms with E-state index in [0.717, 1.165) is 12.5 Å². The van der Waals surface area contributed by atoms with E-state index in [4.69, 9.17) is 5.73 Å². The summed E-state index contributed by atoms with van der Waals surface area (Å²) in [7, 11) is 0. The van der Waals surface area contributed by atoms with Gasteiger partial charge < -0.3 is 11.1 Å². The van der Waals surface area contributed by atoms with Crippen molar-refractivity contribution in [3.05, 3.63) is 23.8 Å². The van der Waals surface area contributed by atoms with E-state index >= 15 is 0 Å². The molecule has 0 amide bonds. The lowest BCUT2D eigenvalue weighted by Crippen LogP contribution is -2.37. The van der Waals surface area contributed by atoms with Crippen molar-refractivity contribution in [3.63, 3.8) is 0 Å². The Morgan fingerprint density at radius 2 is 2.40 bits per heavy atom. The number of hydrogen-bond acceptors (Lipinski definition) is 2. The second kappa shape index (κ2) is 4.11. The van der Waals surface area contributed by atoms with Crippen molar-refractivity contribution in [3.8, 4) is 0 Å². The molecule has 0 aromatic heterocycles. The normalized spacial score (nSPS) is 40.6. The summed E-state index contributed by atoms with van der Waals surface area (Å²) < 4.78 is 0. The maximum Gasteiger partial charge on any atom is 0.0142 e. The summed E-state index contributed by atoms with van der Waals surface area (Å²) in [6, 6.07) is 0. The second-order valence-electron chi connectivity index (χ2n) is 5.08. The smallest absolute Gasteiger partial charge is 0.0142 e. The molecule has 0 aromatic rings. The zero-order valence-electron chi connectivity index (χ0n) is 9.79. The summed E-state index contributed by atoms with van der Waals surface area (Å²) >= 11 is 0. The van der Waals surface area contributed by atoms with E-state index in [0.29, 0.717) is 17.9 Å². The highest BCUT2D eigenvalue weighted by Gasteiger charge is 2.40. The molecular weight excluding hydrogens is 184 g/mol. The Bertz CT molecular complexity index is 287. The molecule has 84 valence electrons. The number of allylic oxidation sites excluding steroid dienone is 3. The fraction of sp³-hybridized carbons (Fsp3) is 0.692. The summed E-state index contributed by atoms with van der Waals surface area (Å²) in [5, 5.41) is 3.46. The highest BCUT2D eigenvalue weighted by Crippen LogP contribution is 2.45. The third-order valence-corrected chi connectivity index (χ3v) is 4.43. The van der Waals surface area contributed by atoms with E-state index < -0.39 is 0 Å². The number of nitrogens with two attached hydrogens (primary N) is 1. The zero-order valence-corrected chi connectivity index (χ0v) is 9.79. The van der Waals surface area contributed by atoms with Crippen LogP contribution in [0.3, 0.4) is 0 Å². The van der Waals surface area contributed by atoms with Gasteiger partial charge in [-0.1, -0.05) is 37.6 Å². The van der Waals surface area contributed by atoms with Gasteiger partial charge in [-0.3, -0.25) is 0 Å². The Morgan fingerprint density at radius 3 is 3.00 bits per heavy atom. The summed E-state index contributed by atoms with van der Waals surface area (Å²) in [5.41, 5.74) is 7.49. The van der Waals surface area contributed by atoms with Crippen molar-refractivity contribution in [2.75, 3.05) is 19.6 Å². The van der Waals surface area contributed by atoms with E-state index in [1.807, 2.05) is 0 Å². The Morgan fingerprint density at radius 1 is 1.60 bits per heavy atom. The maximum absolute atomic E-state index is 5.80. The van der Waals surface area contributed by atoms with E-state index in [1.54, 1.807) is 0 Å². The van der Waals surface area contributed by atoms with Gasteiger partial charge in [0.1, 0.15) is 0 Å². The summed E-state index contributed by atoms with van der Waals surface area (Å²) in [4.78, 5) is 0.